The van der Waals surface area contributed by atoms with Gasteiger partial charge in [0, 0.05) is 18.8 Å². The average Bonchev–Trinajstić information content (AvgIpc) is 3.42. The number of anilines is 1. The lowest BCUT2D eigenvalue weighted by Gasteiger charge is -2.26. The van der Waals surface area contributed by atoms with Crippen molar-refractivity contribution in [2.75, 3.05) is 18.1 Å². The minimum atomic E-state index is -4.44. The molecule has 1 N–H and O–H groups in total. The number of pyridine rings is 1. The van der Waals surface area contributed by atoms with Crippen LogP contribution in [0.5, 0.6) is 5.75 Å². The summed E-state index contributed by atoms with van der Waals surface area (Å²) in [5.41, 5.74) is -0.493. The highest BCUT2D eigenvalue weighted by Crippen LogP contribution is 2.45. The van der Waals surface area contributed by atoms with Gasteiger partial charge in [0.2, 0.25) is 0 Å². The Kier molecular flexibility index (Phi) is 5.29. The van der Waals surface area contributed by atoms with Crippen LogP contribution in [0.1, 0.15) is 53.1 Å². The van der Waals surface area contributed by atoms with Crippen molar-refractivity contribution >= 4 is 11.8 Å². The fourth-order valence-corrected chi connectivity index (χ4v) is 3.79. The first-order valence-corrected chi connectivity index (χ1v) is 9.73. The monoisotopic (exact) mass is 424 g/mol. The van der Waals surface area contributed by atoms with E-state index in [0.29, 0.717) is 23.7 Å². The van der Waals surface area contributed by atoms with Crippen molar-refractivity contribution in [3.05, 3.63) is 53.0 Å². The van der Waals surface area contributed by atoms with Crippen LogP contribution in [-0.4, -0.2) is 35.3 Å². The highest BCUT2D eigenvalue weighted by atomic mass is 19.4. The van der Waals surface area contributed by atoms with E-state index < -0.39 is 23.5 Å². The molecule has 2 aromatic rings. The molecule has 4 rings (SSSR count). The summed E-state index contributed by atoms with van der Waals surface area (Å²) >= 11 is 0. The van der Waals surface area contributed by atoms with Gasteiger partial charge in [0.1, 0.15) is 24.0 Å². The molecular formula is C21H20F4N2O3. The van der Waals surface area contributed by atoms with Crippen molar-refractivity contribution < 1.29 is 32.2 Å². The molecular weight excluding hydrogens is 404 g/mol. The van der Waals surface area contributed by atoms with Crippen LogP contribution in [0.3, 0.4) is 0 Å². The number of alkyl halides is 3. The van der Waals surface area contributed by atoms with Gasteiger partial charge in [-0.05, 0) is 55.4 Å². The molecule has 0 amide bonds. The van der Waals surface area contributed by atoms with Gasteiger partial charge in [-0.1, -0.05) is 0 Å². The van der Waals surface area contributed by atoms with E-state index in [1.54, 1.807) is 0 Å². The summed E-state index contributed by atoms with van der Waals surface area (Å²) in [5.74, 6) is -1.25. The van der Waals surface area contributed by atoms with Gasteiger partial charge in [-0.15, -0.1) is 0 Å². The van der Waals surface area contributed by atoms with E-state index in [1.165, 1.54) is 12.1 Å². The SMILES string of the molecule is O=C(O)c1cc(C2CC2)c(OC[C@H]2CCCN2c2ccc(C(F)(F)F)cn2)cc1F. The quantitative estimate of drug-likeness (QED) is 0.671. The Bertz CT molecular complexity index is 943. The molecule has 0 radical (unpaired) electrons. The molecule has 2 heterocycles. The fourth-order valence-electron chi connectivity index (χ4n) is 3.79. The van der Waals surface area contributed by atoms with Gasteiger partial charge < -0.3 is 14.7 Å². The number of hydrogen-bond donors (Lipinski definition) is 1. The Hall–Kier alpha value is -2.84. The van der Waals surface area contributed by atoms with Crippen molar-refractivity contribution in [1.82, 2.24) is 4.98 Å². The molecule has 1 saturated carbocycles. The van der Waals surface area contributed by atoms with Crippen molar-refractivity contribution in [2.24, 2.45) is 0 Å². The van der Waals surface area contributed by atoms with Crippen LogP contribution >= 0.6 is 0 Å². The van der Waals surface area contributed by atoms with Crippen LogP contribution < -0.4 is 9.64 Å². The van der Waals surface area contributed by atoms with E-state index in [9.17, 15) is 22.4 Å². The molecule has 1 aliphatic heterocycles. The fraction of sp³-hybridized carbons (Fsp3) is 0.429. The van der Waals surface area contributed by atoms with E-state index in [2.05, 4.69) is 4.98 Å². The van der Waals surface area contributed by atoms with Crippen molar-refractivity contribution in [3.63, 3.8) is 0 Å². The maximum absolute atomic E-state index is 14.2. The first kappa shape index (κ1) is 20.4. The third-order valence-corrected chi connectivity index (χ3v) is 5.52. The first-order chi connectivity index (χ1) is 14.2. The zero-order valence-corrected chi connectivity index (χ0v) is 16.0. The number of carbonyl (C=O) groups is 1. The zero-order chi connectivity index (χ0) is 21.5. The lowest BCUT2D eigenvalue weighted by Crippen LogP contribution is -2.35. The molecule has 1 atom stereocenters. The predicted molar refractivity (Wildman–Crippen MR) is 100 cm³/mol. The van der Waals surface area contributed by atoms with Crippen molar-refractivity contribution in [3.8, 4) is 5.75 Å². The molecule has 1 aliphatic carbocycles. The Labute approximate surface area is 170 Å². The van der Waals surface area contributed by atoms with Crippen molar-refractivity contribution in [1.29, 1.82) is 0 Å². The molecule has 160 valence electrons. The molecule has 1 aromatic carbocycles. The normalized spacial score (nSPS) is 19.2. The lowest BCUT2D eigenvalue weighted by molar-refractivity contribution is -0.137. The summed E-state index contributed by atoms with van der Waals surface area (Å²) < 4.78 is 58.3. The predicted octanol–water partition coefficient (Wildman–Crippen LogP) is 4.86. The molecule has 0 unspecified atom stereocenters. The van der Waals surface area contributed by atoms with E-state index >= 15 is 0 Å². The van der Waals surface area contributed by atoms with Crippen molar-refractivity contribution in [2.45, 2.75) is 43.8 Å². The number of halogens is 4. The molecule has 30 heavy (non-hydrogen) atoms. The smallest absolute Gasteiger partial charge is 0.417 e. The maximum atomic E-state index is 14.2. The number of aromatic nitrogens is 1. The number of benzene rings is 1. The van der Waals surface area contributed by atoms with Crippen LogP contribution in [0.15, 0.2) is 30.5 Å². The van der Waals surface area contributed by atoms with E-state index in [0.717, 1.165) is 44.0 Å². The Balaban J connectivity index is 1.49. The van der Waals surface area contributed by atoms with Gasteiger partial charge in [-0.25, -0.2) is 14.2 Å². The van der Waals surface area contributed by atoms with E-state index in [4.69, 9.17) is 9.84 Å². The zero-order valence-electron chi connectivity index (χ0n) is 16.0. The summed E-state index contributed by atoms with van der Waals surface area (Å²) in [5, 5.41) is 9.15. The molecule has 2 aliphatic rings. The van der Waals surface area contributed by atoms with Gasteiger partial charge in [0.25, 0.3) is 0 Å². The van der Waals surface area contributed by atoms with Crippen LogP contribution in [-0.2, 0) is 6.18 Å². The standard InChI is InChI=1S/C21H20F4N2O3/c22-17-9-18(15(12-3-4-12)8-16(17)20(28)29)30-11-14-2-1-7-27(14)19-6-5-13(10-26-19)21(23,24)25/h5-6,8-10,12,14H,1-4,7,11H2,(H,28,29)/t14-/m1/s1. The molecule has 1 saturated heterocycles. The summed E-state index contributed by atoms with van der Waals surface area (Å²) in [6.07, 6.45) is -0.241. The third-order valence-electron chi connectivity index (χ3n) is 5.52. The van der Waals surface area contributed by atoms with E-state index in [-0.39, 0.29) is 24.1 Å². The largest absolute Gasteiger partial charge is 0.491 e. The lowest BCUT2D eigenvalue weighted by atomic mass is 10.0. The van der Waals surface area contributed by atoms with Crippen LogP contribution in [0, 0.1) is 5.82 Å². The molecule has 5 nitrogen and oxygen atoms in total. The van der Waals surface area contributed by atoms with E-state index in [1.807, 2.05) is 4.90 Å². The van der Waals surface area contributed by atoms with Gasteiger partial charge in [0.15, 0.2) is 0 Å². The Morgan fingerprint density at radius 1 is 1.23 bits per heavy atom. The number of aromatic carboxylic acids is 1. The number of hydrogen-bond acceptors (Lipinski definition) is 4. The van der Waals surface area contributed by atoms with Gasteiger partial charge in [-0.3, -0.25) is 0 Å². The van der Waals surface area contributed by atoms with Crippen LogP contribution in [0.4, 0.5) is 23.4 Å². The van der Waals surface area contributed by atoms with Gasteiger partial charge >= 0.3 is 12.1 Å². The second-order valence-electron chi connectivity index (χ2n) is 7.65. The average molecular weight is 424 g/mol. The number of ether oxygens (including phenoxy) is 1. The summed E-state index contributed by atoms with van der Waals surface area (Å²) in [6.45, 7) is 0.836. The summed E-state index contributed by atoms with van der Waals surface area (Å²) in [7, 11) is 0. The number of rotatable bonds is 6. The second-order valence-corrected chi connectivity index (χ2v) is 7.65. The number of carboxylic acids is 1. The summed E-state index contributed by atoms with van der Waals surface area (Å²) in [4.78, 5) is 17.1. The minimum absolute atomic E-state index is 0.122. The Morgan fingerprint density at radius 3 is 2.60 bits per heavy atom. The Morgan fingerprint density at radius 2 is 2.00 bits per heavy atom. The molecule has 1 aromatic heterocycles. The number of carboxylic acid groups (broad SMARTS) is 1. The second kappa shape index (κ2) is 7.77. The summed E-state index contributed by atoms with van der Waals surface area (Å²) in [6, 6.07) is 4.69. The molecule has 0 bridgehead atoms. The highest BCUT2D eigenvalue weighted by Gasteiger charge is 2.33. The third kappa shape index (κ3) is 4.20. The maximum Gasteiger partial charge on any atom is 0.417 e. The van der Waals surface area contributed by atoms with Crippen LogP contribution in [0.2, 0.25) is 0 Å². The van der Waals surface area contributed by atoms with Crippen LogP contribution in [0.25, 0.3) is 0 Å². The highest BCUT2D eigenvalue weighted by molar-refractivity contribution is 5.88. The molecule has 2 fully saturated rings. The topological polar surface area (TPSA) is 62.7 Å². The number of nitrogens with zero attached hydrogens (tertiary/aromatic N) is 2. The first-order valence-electron chi connectivity index (χ1n) is 9.73. The van der Waals surface area contributed by atoms with Gasteiger partial charge in [0.05, 0.1) is 17.2 Å². The molecule has 9 heteroatoms. The molecule has 0 spiro atoms. The van der Waals surface area contributed by atoms with Gasteiger partial charge in [-0.2, -0.15) is 13.2 Å². The minimum Gasteiger partial charge on any atom is -0.491 e.